The van der Waals surface area contributed by atoms with Crippen molar-refractivity contribution in [3.05, 3.63) is 0 Å². The van der Waals surface area contributed by atoms with E-state index in [0.717, 1.165) is 12.8 Å². The highest BCUT2D eigenvalue weighted by atomic mass is 32.2. The van der Waals surface area contributed by atoms with Crippen LogP contribution in [0.5, 0.6) is 0 Å². The monoisotopic (exact) mass is 246 g/mol. The van der Waals surface area contributed by atoms with E-state index in [0.29, 0.717) is 25.4 Å². The SMILES string of the molecule is O=C(CC1CC1)NCC1CNCCS1(=O)=O. The molecule has 5 nitrogen and oxygen atoms in total. The van der Waals surface area contributed by atoms with Gasteiger partial charge in [0, 0.05) is 26.1 Å². The molecule has 1 aliphatic heterocycles. The number of sulfone groups is 1. The zero-order chi connectivity index (χ0) is 11.6. The summed E-state index contributed by atoms with van der Waals surface area (Å²) in [6.45, 7) is 1.22. The molecule has 1 unspecified atom stereocenters. The van der Waals surface area contributed by atoms with Crippen LogP contribution in [0.2, 0.25) is 0 Å². The standard InChI is InChI=1S/C10H18N2O3S/c13-10(5-8-1-2-8)12-7-9-6-11-3-4-16(9,14)15/h8-9,11H,1-7H2,(H,12,13). The Kier molecular flexibility index (Phi) is 3.49. The first-order chi connectivity index (χ1) is 7.58. The second-order valence-electron chi connectivity index (χ2n) is 4.64. The average Bonchev–Trinajstić information content (AvgIpc) is 2.99. The van der Waals surface area contributed by atoms with Crippen molar-refractivity contribution in [1.82, 2.24) is 10.6 Å². The normalized spacial score (nSPS) is 28.6. The molecule has 92 valence electrons. The van der Waals surface area contributed by atoms with Gasteiger partial charge >= 0.3 is 0 Å². The van der Waals surface area contributed by atoms with Crippen LogP contribution in [0.25, 0.3) is 0 Å². The highest BCUT2D eigenvalue weighted by Crippen LogP contribution is 2.32. The van der Waals surface area contributed by atoms with Gasteiger partial charge in [-0.05, 0) is 18.8 Å². The maximum absolute atomic E-state index is 11.6. The molecule has 0 aromatic rings. The third kappa shape index (κ3) is 3.18. The molecule has 2 rings (SSSR count). The quantitative estimate of drug-likeness (QED) is 0.687. The molecule has 2 aliphatic rings. The Hall–Kier alpha value is -0.620. The van der Waals surface area contributed by atoms with Crippen molar-refractivity contribution in [2.45, 2.75) is 24.5 Å². The fourth-order valence-electron chi connectivity index (χ4n) is 1.85. The first-order valence-corrected chi connectivity index (χ1v) is 7.48. The van der Waals surface area contributed by atoms with Crippen molar-refractivity contribution in [2.24, 2.45) is 5.92 Å². The predicted molar refractivity (Wildman–Crippen MR) is 60.8 cm³/mol. The number of hydrogen-bond acceptors (Lipinski definition) is 4. The first kappa shape index (κ1) is 11.9. The lowest BCUT2D eigenvalue weighted by Crippen LogP contribution is -2.49. The predicted octanol–water partition coefficient (Wildman–Crippen LogP) is -0.711. The molecule has 1 atom stereocenters. The molecule has 1 saturated heterocycles. The topological polar surface area (TPSA) is 75.3 Å². The smallest absolute Gasteiger partial charge is 0.220 e. The molecule has 1 saturated carbocycles. The van der Waals surface area contributed by atoms with Crippen LogP contribution in [0, 0.1) is 5.92 Å². The van der Waals surface area contributed by atoms with E-state index in [4.69, 9.17) is 0 Å². The van der Waals surface area contributed by atoms with Gasteiger partial charge in [0.2, 0.25) is 5.91 Å². The fraction of sp³-hybridized carbons (Fsp3) is 0.900. The van der Waals surface area contributed by atoms with Crippen LogP contribution in [-0.4, -0.2) is 45.0 Å². The van der Waals surface area contributed by atoms with Gasteiger partial charge in [-0.25, -0.2) is 8.42 Å². The summed E-state index contributed by atoms with van der Waals surface area (Å²) in [6, 6.07) is 0. The van der Waals surface area contributed by atoms with Gasteiger partial charge in [-0.1, -0.05) is 0 Å². The summed E-state index contributed by atoms with van der Waals surface area (Å²) in [4.78, 5) is 11.4. The van der Waals surface area contributed by atoms with Crippen LogP contribution < -0.4 is 10.6 Å². The van der Waals surface area contributed by atoms with Crippen molar-refractivity contribution in [2.75, 3.05) is 25.4 Å². The fourth-order valence-corrected chi connectivity index (χ4v) is 3.33. The van der Waals surface area contributed by atoms with Gasteiger partial charge in [0.05, 0.1) is 11.0 Å². The van der Waals surface area contributed by atoms with Gasteiger partial charge < -0.3 is 10.6 Å². The molecule has 2 N–H and O–H groups in total. The lowest BCUT2D eigenvalue weighted by atomic mass is 10.3. The Morgan fingerprint density at radius 3 is 2.75 bits per heavy atom. The summed E-state index contributed by atoms with van der Waals surface area (Å²) in [7, 11) is -3.01. The molecule has 1 aliphatic carbocycles. The van der Waals surface area contributed by atoms with Crippen molar-refractivity contribution in [3.63, 3.8) is 0 Å². The third-order valence-corrected chi connectivity index (χ3v) is 5.26. The van der Waals surface area contributed by atoms with Gasteiger partial charge in [0.25, 0.3) is 0 Å². The lowest BCUT2D eigenvalue weighted by molar-refractivity contribution is -0.121. The van der Waals surface area contributed by atoms with Crippen LogP contribution >= 0.6 is 0 Å². The maximum Gasteiger partial charge on any atom is 0.220 e. The highest BCUT2D eigenvalue weighted by molar-refractivity contribution is 7.92. The Morgan fingerprint density at radius 2 is 2.12 bits per heavy atom. The molecule has 1 heterocycles. The summed E-state index contributed by atoms with van der Waals surface area (Å²) < 4.78 is 23.3. The molecule has 0 bridgehead atoms. The Bertz CT molecular complexity index is 362. The van der Waals surface area contributed by atoms with E-state index in [1.54, 1.807) is 0 Å². The Morgan fingerprint density at radius 1 is 1.38 bits per heavy atom. The molecule has 0 radical (unpaired) electrons. The first-order valence-electron chi connectivity index (χ1n) is 5.77. The van der Waals surface area contributed by atoms with Gasteiger partial charge in [0.1, 0.15) is 0 Å². The minimum Gasteiger partial charge on any atom is -0.355 e. The van der Waals surface area contributed by atoms with Crippen molar-refractivity contribution < 1.29 is 13.2 Å². The number of amides is 1. The highest BCUT2D eigenvalue weighted by Gasteiger charge is 2.30. The van der Waals surface area contributed by atoms with Crippen LogP contribution in [0.4, 0.5) is 0 Å². The molecule has 0 aromatic heterocycles. The van der Waals surface area contributed by atoms with Crippen LogP contribution in [0.3, 0.4) is 0 Å². The van der Waals surface area contributed by atoms with Crippen LogP contribution in [0.1, 0.15) is 19.3 Å². The molecule has 1 amide bonds. The molecular formula is C10H18N2O3S. The minimum atomic E-state index is -3.01. The molecule has 16 heavy (non-hydrogen) atoms. The van der Waals surface area contributed by atoms with Gasteiger partial charge in [-0.15, -0.1) is 0 Å². The molecule has 2 fully saturated rings. The third-order valence-electron chi connectivity index (χ3n) is 3.14. The van der Waals surface area contributed by atoms with E-state index < -0.39 is 15.1 Å². The zero-order valence-corrected chi connectivity index (χ0v) is 10.1. The molecule has 0 spiro atoms. The van der Waals surface area contributed by atoms with Crippen molar-refractivity contribution >= 4 is 15.7 Å². The second kappa shape index (κ2) is 4.71. The van der Waals surface area contributed by atoms with E-state index >= 15 is 0 Å². The maximum atomic E-state index is 11.6. The second-order valence-corrected chi connectivity index (χ2v) is 7.05. The average molecular weight is 246 g/mol. The van der Waals surface area contributed by atoms with Crippen molar-refractivity contribution in [1.29, 1.82) is 0 Å². The summed E-state index contributed by atoms with van der Waals surface area (Å²) >= 11 is 0. The molecule has 0 aromatic carbocycles. The van der Waals surface area contributed by atoms with E-state index in [9.17, 15) is 13.2 Å². The lowest BCUT2D eigenvalue weighted by Gasteiger charge is -2.23. The Balaban J connectivity index is 1.77. The van der Waals surface area contributed by atoms with E-state index in [1.165, 1.54) is 0 Å². The Labute approximate surface area is 95.9 Å². The van der Waals surface area contributed by atoms with E-state index in [-0.39, 0.29) is 18.2 Å². The largest absolute Gasteiger partial charge is 0.355 e. The van der Waals surface area contributed by atoms with Crippen LogP contribution in [0.15, 0.2) is 0 Å². The summed E-state index contributed by atoms with van der Waals surface area (Å²) in [5.41, 5.74) is 0. The number of nitrogens with one attached hydrogen (secondary N) is 2. The summed E-state index contributed by atoms with van der Waals surface area (Å²) in [6.07, 6.45) is 2.83. The van der Waals surface area contributed by atoms with Crippen molar-refractivity contribution in [3.8, 4) is 0 Å². The number of rotatable bonds is 4. The zero-order valence-electron chi connectivity index (χ0n) is 9.24. The number of hydrogen-bond donors (Lipinski definition) is 2. The summed E-state index contributed by atoms with van der Waals surface area (Å²) in [5.74, 6) is 0.709. The number of carbonyl (C=O) groups excluding carboxylic acids is 1. The van der Waals surface area contributed by atoms with E-state index in [1.807, 2.05) is 0 Å². The molecular weight excluding hydrogens is 228 g/mol. The van der Waals surface area contributed by atoms with Gasteiger partial charge in [-0.3, -0.25) is 4.79 Å². The summed E-state index contributed by atoms with van der Waals surface area (Å²) in [5, 5.41) is 5.30. The molecule has 6 heteroatoms. The van der Waals surface area contributed by atoms with Crippen LogP contribution in [-0.2, 0) is 14.6 Å². The van der Waals surface area contributed by atoms with Gasteiger partial charge in [-0.2, -0.15) is 0 Å². The van der Waals surface area contributed by atoms with Gasteiger partial charge in [0.15, 0.2) is 9.84 Å². The van der Waals surface area contributed by atoms with E-state index in [2.05, 4.69) is 10.6 Å². The minimum absolute atomic E-state index is 0.0109. The number of carbonyl (C=O) groups is 1.